The van der Waals surface area contributed by atoms with Gasteiger partial charge >= 0.3 is 5.97 Å². The minimum atomic E-state index is -0.933. The van der Waals surface area contributed by atoms with Gasteiger partial charge in [0.2, 0.25) is 0 Å². The molecule has 0 aromatic heterocycles. The van der Waals surface area contributed by atoms with Crippen molar-refractivity contribution in [3.8, 4) is 0 Å². The quantitative estimate of drug-likeness (QED) is 0.736. The van der Waals surface area contributed by atoms with Crippen molar-refractivity contribution >= 4 is 17.6 Å². The first-order valence-electron chi connectivity index (χ1n) is 5.73. The van der Waals surface area contributed by atoms with Crippen molar-refractivity contribution in [1.82, 2.24) is 9.80 Å². The van der Waals surface area contributed by atoms with E-state index in [1.54, 1.807) is 0 Å². The fourth-order valence-electron chi connectivity index (χ4n) is 2.11. The smallest absolute Gasteiger partial charge is 0.322 e. The summed E-state index contributed by atoms with van der Waals surface area (Å²) >= 11 is 5.70. The maximum Gasteiger partial charge on any atom is 0.322 e. The number of piperidine rings is 1. The van der Waals surface area contributed by atoms with Crippen LogP contribution in [0.3, 0.4) is 0 Å². The molecule has 1 fully saturated rings. The third-order valence-corrected chi connectivity index (χ3v) is 3.47. The molecule has 1 N–H and O–H groups in total. The molecule has 1 heterocycles. The SMILES string of the molecule is CN1CCC(CN(C)CC(Cl)C(=O)O)CC1. The van der Waals surface area contributed by atoms with E-state index in [2.05, 4.69) is 11.9 Å². The van der Waals surface area contributed by atoms with Gasteiger partial charge < -0.3 is 14.9 Å². The molecule has 0 spiro atoms. The highest BCUT2D eigenvalue weighted by Gasteiger charge is 2.21. The lowest BCUT2D eigenvalue weighted by molar-refractivity contribution is -0.136. The highest BCUT2D eigenvalue weighted by molar-refractivity contribution is 6.29. The summed E-state index contributed by atoms with van der Waals surface area (Å²) in [4.78, 5) is 15.0. The lowest BCUT2D eigenvalue weighted by atomic mass is 9.97. The lowest BCUT2D eigenvalue weighted by Gasteiger charge is -2.31. The predicted octanol–water partition coefficient (Wildman–Crippen LogP) is 0.952. The van der Waals surface area contributed by atoms with Gasteiger partial charge in [0.15, 0.2) is 0 Å². The van der Waals surface area contributed by atoms with Crippen molar-refractivity contribution in [2.45, 2.75) is 18.2 Å². The summed E-state index contributed by atoms with van der Waals surface area (Å²) in [6.07, 6.45) is 2.39. The molecule has 1 aliphatic heterocycles. The van der Waals surface area contributed by atoms with E-state index in [1.807, 2.05) is 11.9 Å². The van der Waals surface area contributed by atoms with E-state index >= 15 is 0 Å². The Morgan fingerprint density at radius 3 is 2.62 bits per heavy atom. The Kier molecular flexibility index (Phi) is 5.52. The average Bonchev–Trinajstić information content (AvgIpc) is 2.21. The Balaban J connectivity index is 2.23. The maximum atomic E-state index is 10.6. The normalized spacial score (nSPS) is 21.2. The van der Waals surface area contributed by atoms with Crippen LogP contribution in [0, 0.1) is 5.92 Å². The fraction of sp³-hybridized carbons (Fsp3) is 0.909. The highest BCUT2D eigenvalue weighted by atomic mass is 35.5. The minimum Gasteiger partial charge on any atom is -0.480 e. The van der Waals surface area contributed by atoms with Crippen LogP contribution < -0.4 is 0 Å². The molecule has 0 aliphatic carbocycles. The van der Waals surface area contributed by atoms with Gasteiger partial charge in [0.1, 0.15) is 5.38 Å². The first-order valence-corrected chi connectivity index (χ1v) is 6.16. The van der Waals surface area contributed by atoms with E-state index < -0.39 is 11.3 Å². The van der Waals surface area contributed by atoms with Crippen molar-refractivity contribution in [2.75, 3.05) is 40.3 Å². The van der Waals surface area contributed by atoms with E-state index in [1.165, 1.54) is 12.8 Å². The number of carboxylic acid groups (broad SMARTS) is 1. The van der Waals surface area contributed by atoms with Crippen LogP contribution in [0.4, 0.5) is 0 Å². The van der Waals surface area contributed by atoms with Crippen LogP contribution in [0.15, 0.2) is 0 Å². The molecule has 94 valence electrons. The molecule has 0 aromatic carbocycles. The van der Waals surface area contributed by atoms with E-state index in [4.69, 9.17) is 16.7 Å². The van der Waals surface area contributed by atoms with Crippen LogP contribution in [-0.2, 0) is 4.79 Å². The molecule has 0 bridgehead atoms. The van der Waals surface area contributed by atoms with Crippen molar-refractivity contribution in [3.63, 3.8) is 0 Å². The molecule has 1 rings (SSSR count). The van der Waals surface area contributed by atoms with Crippen LogP contribution in [0.2, 0.25) is 0 Å². The topological polar surface area (TPSA) is 43.8 Å². The van der Waals surface area contributed by atoms with Crippen molar-refractivity contribution in [3.05, 3.63) is 0 Å². The van der Waals surface area contributed by atoms with E-state index in [9.17, 15) is 4.79 Å². The fourth-order valence-corrected chi connectivity index (χ4v) is 2.35. The zero-order chi connectivity index (χ0) is 12.1. The second-order valence-corrected chi connectivity index (χ2v) is 5.30. The van der Waals surface area contributed by atoms with Crippen molar-refractivity contribution in [1.29, 1.82) is 0 Å². The second-order valence-electron chi connectivity index (χ2n) is 4.77. The molecule has 0 saturated carbocycles. The van der Waals surface area contributed by atoms with Gasteiger partial charge in [-0.2, -0.15) is 0 Å². The Labute approximate surface area is 102 Å². The summed E-state index contributed by atoms with van der Waals surface area (Å²) in [6.45, 7) is 3.65. The average molecular weight is 249 g/mol. The third-order valence-electron chi connectivity index (χ3n) is 3.15. The Morgan fingerprint density at radius 2 is 2.12 bits per heavy atom. The molecule has 1 unspecified atom stereocenters. The van der Waals surface area contributed by atoms with Gasteiger partial charge in [0, 0.05) is 13.1 Å². The minimum absolute atomic E-state index is 0.420. The van der Waals surface area contributed by atoms with Crippen LogP contribution in [0.5, 0.6) is 0 Å². The Morgan fingerprint density at radius 1 is 1.56 bits per heavy atom. The van der Waals surface area contributed by atoms with Gasteiger partial charge in [-0.3, -0.25) is 4.79 Å². The van der Waals surface area contributed by atoms with Gasteiger partial charge in [-0.25, -0.2) is 0 Å². The number of alkyl halides is 1. The number of rotatable bonds is 5. The standard InChI is InChI=1S/C11H21ClN2O2/c1-13-5-3-9(4-6-13)7-14(2)8-10(12)11(15)16/h9-10H,3-8H2,1-2H3,(H,15,16). The molecule has 1 aliphatic rings. The van der Waals surface area contributed by atoms with Crippen molar-refractivity contribution in [2.24, 2.45) is 5.92 Å². The van der Waals surface area contributed by atoms with Gasteiger partial charge in [0.25, 0.3) is 0 Å². The molecular weight excluding hydrogens is 228 g/mol. The number of aliphatic carboxylic acids is 1. The number of halogens is 1. The largest absolute Gasteiger partial charge is 0.480 e. The Bertz CT molecular complexity index is 230. The van der Waals surface area contributed by atoms with E-state index in [0.29, 0.717) is 12.5 Å². The van der Waals surface area contributed by atoms with Gasteiger partial charge in [-0.1, -0.05) is 0 Å². The van der Waals surface area contributed by atoms with Crippen LogP contribution in [0.1, 0.15) is 12.8 Å². The van der Waals surface area contributed by atoms with Gasteiger partial charge in [-0.05, 0) is 45.9 Å². The van der Waals surface area contributed by atoms with E-state index in [0.717, 1.165) is 19.6 Å². The predicted molar refractivity (Wildman–Crippen MR) is 65.0 cm³/mol. The maximum absolute atomic E-state index is 10.6. The van der Waals surface area contributed by atoms with Crippen LogP contribution in [0.25, 0.3) is 0 Å². The molecule has 0 aromatic rings. The molecule has 0 amide bonds. The van der Waals surface area contributed by atoms with Crippen molar-refractivity contribution < 1.29 is 9.90 Å². The molecule has 5 heteroatoms. The van der Waals surface area contributed by atoms with E-state index in [-0.39, 0.29) is 0 Å². The summed E-state index contributed by atoms with van der Waals surface area (Å²) < 4.78 is 0. The lowest BCUT2D eigenvalue weighted by Crippen LogP contribution is -2.38. The number of carbonyl (C=O) groups is 1. The second kappa shape index (κ2) is 6.42. The number of hydrogen-bond acceptors (Lipinski definition) is 3. The molecule has 4 nitrogen and oxygen atoms in total. The van der Waals surface area contributed by atoms with Gasteiger partial charge in [-0.15, -0.1) is 11.6 Å². The summed E-state index contributed by atoms with van der Waals surface area (Å²) in [6, 6.07) is 0. The van der Waals surface area contributed by atoms with Crippen LogP contribution in [-0.4, -0.2) is 66.5 Å². The number of likely N-dealkylation sites (tertiary alicyclic amines) is 1. The summed E-state index contributed by atoms with van der Waals surface area (Å²) in [5.41, 5.74) is 0. The highest BCUT2D eigenvalue weighted by Crippen LogP contribution is 2.17. The summed E-state index contributed by atoms with van der Waals surface area (Å²) in [5, 5.41) is 7.91. The van der Waals surface area contributed by atoms with Gasteiger partial charge in [0.05, 0.1) is 0 Å². The molecular formula is C11H21ClN2O2. The zero-order valence-electron chi connectivity index (χ0n) is 10.0. The number of hydrogen-bond donors (Lipinski definition) is 1. The number of nitrogens with zero attached hydrogens (tertiary/aromatic N) is 2. The zero-order valence-corrected chi connectivity index (χ0v) is 10.8. The molecule has 0 radical (unpaired) electrons. The number of carboxylic acids is 1. The Hall–Kier alpha value is -0.320. The summed E-state index contributed by atoms with van der Waals surface area (Å²) in [5.74, 6) is -0.254. The molecule has 1 saturated heterocycles. The first kappa shape index (κ1) is 13.7. The third kappa shape index (κ3) is 4.68. The monoisotopic (exact) mass is 248 g/mol. The van der Waals surface area contributed by atoms with Crippen LogP contribution >= 0.6 is 11.6 Å². The molecule has 16 heavy (non-hydrogen) atoms. The summed E-state index contributed by atoms with van der Waals surface area (Å²) in [7, 11) is 4.08. The first-order chi connectivity index (χ1) is 7.49. The molecule has 1 atom stereocenters.